The fourth-order valence-corrected chi connectivity index (χ4v) is 15.9. The van der Waals surface area contributed by atoms with Crippen LogP contribution in [-0.2, 0) is 92.8 Å². The molecule has 3 aliphatic rings. The van der Waals surface area contributed by atoms with Crippen molar-refractivity contribution < 1.29 is 67.1 Å². The fourth-order valence-electron chi connectivity index (χ4n) is 14.9. The summed E-state index contributed by atoms with van der Waals surface area (Å²) in [5.74, 6) is -10.9. The van der Waals surface area contributed by atoms with Crippen molar-refractivity contribution in [2.24, 2.45) is 23.3 Å². The van der Waals surface area contributed by atoms with Gasteiger partial charge in [0.2, 0.25) is 82.7 Å². The number of nitrogens with one attached hydrogen (secondary N) is 10. The summed E-state index contributed by atoms with van der Waals surface area (Å²) in [5, 5.41) is 24.1. The smallest absolute Gasteiger partial charge is 0.245 e. The zero-order valence-corrected chi connectivity index (χ0v) is 67.5. The molecule has 14 N–H and O–H groups in total. The summed E-state index contributed by atoms with van der Waals surface area (Å²) < 4.78 is 0. The third-order valence-corrected chi connectivity index (χ3v) is 22.5. The van der Waals surface area contributed by atoms with Crippen LogP contribution in [0.3, 0.4) is 0 Å². The van der Waals surface area contributed by atoms with E-state index >= 15 is 57.5 Å². The van der Waals surface area contributed by atoms with Crippen molar-refractivity contribution in [3.05, 3.63) is 144 Å². The molecule has 5 heterocycles. The SMILES string of the molecule is CSCC[C@@H]1NC(=O)[C@H](CC(C)C)N2CC[C@@H](NC(=O)[C@H](Cc3ccccc3)N(C)C(=O)[C@@H](Cc3c[nH]c4ccccc34)NC(=O)[C@H](CCC(N)=O)NC(=O)[C@H](CCSC)NC(=O)[C@H](CC(C)C)N3CC[C@@H](NC(=O)[C@H](Cc4ccccc4)N(C)C(=O)[C@@H](Cc4c[nH]c5ccccc45)NC(=O)[C@H](CCC(N)=O)NC1=O)C3=O)C2=O. The van der Waals surface area contributed by atoms with Crippen LogP contribution >= 0.6 is 23.5 Å². The van der Waals surface area contributed by atoms with Crippen LogP contribution in [0.25, 0.3) is 21.8 Å². The molecule has 114 heavy (non-hydrogen) atoms. The minimum Gasteiger partial charge on any atom is -0.370 e. The van der Waals surface area contributed by atoms with Gasteiger partial charge >= 0.3 is 0 Å². The van der Waals surface area contributed by atoms with Gasteiger partial charge in [-0.05, 0) is 122 Å². The number of primary amides is 2. The Kier molecular flexibility index (Phi) is 31.6. The first-order valence-electron chi connectivity index (χ1n) is 38.8. The van der Waals surface area contributed by atoms with Crippen LogP contribution in [0.15, 0.2) is 122 Å². The Morgan fingerprint density at radius 3 is 1.05 bits per heavy atom. The molecule has 0 unspecified atom stereocenters. The van der Waals surface area contributed by atoms with E-state index in [-0.39, 0.29) is 102 Å². The minimum atomic E-state index is -1.58. The third-order valence-electron chi connectivity index (χ3n) is 21.2. The standard InChI is InChI=1S/C82H108N16O14S2/c1-47(2)39-67-77(107)89-59(33-37-113-7)73(103)87-57(27-29-69(83)99)71(101)93-64(44-52-46-86-56-26-18-16-24-54(52)56)80(110)96(6)66(42-50-21-13-10-14-22-50)76(106)92-62-32-36-98(82(62)112)68(40-48(3)4)78(108)90-60(34-38-114-8)74(104)88-58(28-30-70(84)100)72(102)94-63(43-51-45-85-55-25-17-15-23-53(51)55)79(109)95(5)65(41-49-19-11-9-12-20-49)75(105)91-61-31-35-97(67)81(61)111/h9-26,45-48,57-68,85-86H,27-44H2,1-8H3,(H2,83,99)(H2,84,100)(H,87,103)(H,88,104)(H,89,107)(H,90,108)(H,91,105)(H,92,106)(H,93,101)(H,94,102)/t57-,58-,59-,60-,61+,62+,63+,64+,65-,66-,67-,68-/m0/s1. The molecule has 4 bridgehead atoms. The highest BCUT2D eigenvalue weighted by Crippen LogP contribution is 2.28. The molecule has 0 saturated carbocycles. The molecule has 12 atom stereocenters. The van der Waals surface area contributed by atoms with E-state index in [0.29, 0.717) is 55.6 Å². The minimum absolute atomic E-state index is 0.00622. The molecule has 2 aromatic heterocycles. The van der Waals surface area contributed by atoms with Crippen LogP contribution < -0.4 is 54.0 Å². The average molecular weight is 1610 g/mol. The largest absolute Gasteiger partial charge is 0.370 e. The van der Waals surface area contributed by atoms with Gasteiger partial charge in [-0.15, -0.1) is 0 Å². The van der Waals surface area contributed by atoms with Crippen molar-refractivity contribution in [1.29, 1.82) is 0 Å². The highest BCUT2D eigenvalue weighted by molar-refractivity contribution is 7.98. The number of aromatic nitrogens is 2. The second kappa shape index (κ2) is 41.3. The molecule has 3 aliphatic heterocycles. The highest BCUT2D eigenvalue weighted by Gasteiger charge is 2.46. The van der Waals surface area contributed by atoms with E-state index in [1.807, 2.05) is 64.1 Å². The Hall–Kier alpha value is -10.8. The summed E-state index contributed by atoms with van der Waals surface area (Å²) in [7, 11) is 2.77. The second-order valence-electron chi connectivity index (χ2n) is 30.4. The number of nitrogens with two attached hydrogens (primary N) is 2. The molecule has 4 aromatic carbocycles. The summed E-state index contributed by atoms with van der Waals surface area (Å²) in [6, 6.07) is 15.5. The van der Waals surface area contributed by atoms with Gasteiger partial charge in [0, 0.05) is 99.9 Å². The number of rotatable bonds is 24. The molecule has 0 aliphatic carbocycles. The monoisotopic (exact) mass is 1600 g/mol. The van der Waals surface area contributed by atoms with Crippen molar-refractivity contribution in [3.8, 4) is 0 Å². The number of aromatic amines is 2. The lowest BCUT2D eigenvalue weighted by molar-refractivity contribution is -0.144. The molecule has 0 spiro atoms. The van der Waals surface area contributed by atoms with Crippen LogP contribution in [0.4, 0.5) is 0 Å². The van der Waals surface area contributed by atoms with Crippen molar-refractivity contribution in [2.45, 2.75) is 190 Å². The summed E-state index contributed by atoms with van der Waals surface area (Å²) in [5.41, 5.74) is 15.2. The number of hydrogen-bond donors (Lipinski definition) is 12. The van der Waals surface area contributed by atoms with Crippen LogP contribution in [0.5, 0.6) is 0 Å². The molecule has 30 nitrogen and oxygen atoms in total. The molecule has 6 aromatic rings. The van der Waals surface area contributed by atoms with Crippen LogP contribution in [0.1, 0.15) is 114 Å². The zero-order valence-electron chi connectivity index (χ0n) is 65.8. The molecule has 0 radical (unpaired) electrons. The molecule has 612 valence electrons. The molecular weight excluding hydrogens is 1500 g/mol. The Labute approximate surface area is 672 Å². The first kappa shape index (κ1) is 87.2. The Balaban J connectivity index is 1.12. The number of benzene rings is 4. The summed E-state index contributed by atoms with van der Waals surface area (Å²) >= 11 is 2.73. The number of fused-ring (bicyclic) bond motifs is 6. The van der Waals surface area contributed by atoms with Gasteiger partial charge < -0.3 is 83.6 Å². The van der Waals surface area contributed by atoms with E-state index in [9.17, 15) is 9.59 Å². The lowest BCUT2D eigenvalue weighted by Crippen LogP contribution is -2.61. The molecular formula is C82H108N16O14S2. The van der Waals surface area contributed by atoms with Crippen LogP contribution in [-0.4, -0.2) is 236 Å². The number of H-pyrrole nitrogens is 2. The number of para-hydroxylation sites is 2. The van der Waals surface area contributed by atoms with Crippen molar-refractivity contribution >= 4 is 128 Å². The average Bonchev–Trinajstić information content (AvgIpc) is 1.66. The van der Waals surface area contributed by atoms with Gasteiger partial charge in [-0.1, -0.05) is 125 Å². The Morgan fingerprint density at radius 2 is 0.711 bits per heavy atom. The quantitative estimate of drug-likeness (QED) is 0.0414. The lowest BCUT2D eigenvalue weighted by atomic mass is 9.99. The summed E-state index contributed by atoms with van der Waals surface area (Å²) in [6.07, 6.45) is 4.97. The second-order valence-corrected chi connectivity index (χ2v) is 32.4. The third kappa shape index (κ3) is 23.2. The molecule has 14 amide bonds. The summed E-state index contributed by atoms with van der Waals surface area (Å²) in [4.78, 5) is 219. The Morgan fingerprint density at radius 1 is 0.395 bits per heavy atom. The predicted molar refractivity (Wildman–Crippen MR) is 435 cm³/mol. The van der Waals surface area contributed by atoms with E-state index in [1.165, 1.54) is 57.2 Å². The van der Waals surface area contributed by atoms with Crippen LogP contribution in [0.2, 0.25) is 0 Å². The number of thioether (sulfide) groups is 2. The van der Waals surface area contributed by atoms with Crippen molar-refractivity contribution in [2.75, 3.05) is 51.2 Å². The Bertz CT molecular complexity index is 4150. The van der Waals surface area contributed by atoms with Crippen LogP contribution in [0, 0.1) is 11.8 Å². The summed E-state index contributed by atoms with van der Waals surface area (Å²) in [6.45, 7) is 7.30. The van der Waals surface area contributed by atoms with Gasteiger partial charge in [-0.25, -0.2) is 0 Å². The maximum Gasteiger partial charge on any atom is 0.245 e. The molecule has 3 saturated heterocycles. The lowest BCUT2D eigenvalue weighted by Gasteiger charge is -2.33. The van der Waals surface area contributed by atoms with E-state index in [4.69, 9.17) is 11.5 Å². The zero-order chi connectivity index (χ0) is 82.4. The van der Waals surface area contributed by atoms with E-state index < -0.39 is 168 Å². The van der Waals surface area contributed by atoms with Gasteiger partial charge in [0.05, 0.1) is 0 Å². The van der Waals surface area contributed by atoms with Gasteiger partial charge in [-0.3, -0.25) is 67.1 Å². The first-order chi connectivity index (χ1) is 54.5. The maximum absolute atomic E-state index is 15.7. The maximum atomic E-state index is 15.7. The fraction of sp³-hybridized carbons (Fsp3) is 0.488. The number of carbonyl (C=O) groups excluding carboxylic acids is 14. The predicted octanol–water partition coefficient (Wildman–Crippen LogP) is 2.80. The van der Waals surface area contributed by atoms with Gasteiger partial charge in [0.25, 0.3) is 0 Å². The van der Waals surface area contributed by atoms with Crippen molar-refractivity contribution in [3.63, 3.8) is 0 Å². The van der Waals surface area contributed by atoms with Crippen molar-refractivity contribution in [1.82, 2.24) is 72.1 Å². The van der Waals surface area contributed by atoms with E-state index in [2.05, 4.69) is 52.5 Å². The molecule has 3 fully saturated rings. The van der Waals surface area contributed by atoms with E-state index in [0.717, 1.165) is 0 Å². The number of hydrogen-bond acceptors (Lipinski definition) is 16. The number of likely N-dealkylation sites (N-methyl/N-ethyl adjacent to an activating group) is 2. The van der Waals surface area contributed by atoms with Gasteiger partial charge in [0.15, 0.2) is 0 Å². The number of nitrogens with zero attached hydrogens (tertiary/aromatic N) is 4. The highest BCUT2D eigenvalue weighted by atomic mass is 32.2. The number of amides is 14. The number of carbonyl (C=O) groups is 14. The van der Waals surface area contributed by atoms with Gasteiger partial charge in [0.1, 0.15) is 72.5 Å². The topological polar surface area (TPSA) is 432 Å². The van der Waals surface area contributed by atoms with Gasteiger partial charge in [-0.2, -0.15) is 23.5 Å². The molecule has 32 heteroatoms. The first-order valence-corrected chi connectivity index (χ1v) is 41.6. The normalized spacial score (nSPS) is 24.2. The van der Waals surface area contributed by atoms with E-state index in [1.54, 1.807) is 97.7 Å². The molecule has 9 rings (SSSR count).